The predicted octanol–water partition coefficient (Wildman–Crippen LogP) is 4.36. The molecule has 3 heterocycles. The highest BCUT2D eigenvalue weighted by molar-refractivity contribution is 7.89. The predicted molar refractivity (Wildman–Crippen MR) is 141 cm³/mol. The van der Waals surface area contributed by atoms with Gasteiger partial charge in [0, 0.05) is 42.7 Å². The van der Waals surface area contributed by atoms with E-state index < -0.39 is 21.9 Å². The van der Waals surface area contributed by atoms with Crippen LogP contribution in [-0.4, -0.2) is 61.8 Å². The Labute approximate surface area is 217 Å². The molecule has 1 amide bonds. The molecular formula is C26H35N3O5S2. The Morgan fingerprint density at radius 1 is 1.19 bits per heavy atom. The lowest BCUT2D eigenvalue weighted by molar-refractivity contribution is 0.0526. The van der Waals surface area contributed by atoms with E-state index in [9.17, 15) is 18.0 Å². The first kappa shape index (κ1) is 26.8. The number of fused-ring (bicyclic) bond motifs is 1. The van der Waals surface area contributed by atoms with E-state index in [0.717, 1.165) is 42.8 Å². The van der Waals surface area contributed by atoms with E-state index >= 15 is 0 Å². The Bertz CT molecular complexity index is 1220. The van der Waals surface area contributed by atoms with Crippen molar-refractivity contribution in [1.82, 2.24) is 9.21 Å². The molecule has 0 aliphatic carbocycles. The maximum atomic E-state index is 13.1. The number of esters is 1. The third kappa shape index (κ3) is 5.51. The third-order valence-electron chi connectivity index (χ3n) is 6.90. The molecular weight excluding hydrogens is 498 g/mol. The van der Waals surface area contributed by atoms with Gasteiger partial charge in [0.05, 0.1) is 17.1 Å². The average Bonchev–Trinajstić information content (AvgIpc) is 3.21. The molecule has 0 unspecified atom stereocenters. The fourth-order valence-electron chi connectivity index (χ4n) is 4.84. The van der Waals surface area contributed by atoms with Crippen molar-refractivity contribution in [3.8, 4) is 0 Å². The zero-order chi connectivity index (χ0) is 26.0. The Kier molecular flexibility index (Phi) is 8.18. The third-order valence-corrected chi connectivity index (χ3v) is 9.91. The smallest absolute Gasteiger partial charge is 0.341 e. The van der Waals surface area contributed by atoms with Crippen LogP contribution in [0.1, 0.15) is 71.7 Å². The van der Waals surface area contributed by atoms with Gasteiger partial charge < -0.3 is 10.1 Å². The van der Waals surface area contributed by atoms with E-state index in [1.807, 2.05) is 0 Å². The maximum absolute atomic E-state index is 13.1. The molecule has 0 bridgehead atoms. The van der Waals surface area contributed by atoms with Crippen molar-refractivity contribution in [2.75, 3.05) is 31.6 Å². The molecule has 196 valence electrons. The minimum atomic E-state index is -3.60. The van der Waals surface area contributed by atoms with Gasteiger partial charge in [-0.05, 0) is 75.8 Å². The second kappa shape index (κ2) is 11.0. The second-order valence-corrected chi connectivity index (χ2v) is 12.9. The van der Waals surface area contributed by atoms with Crippen LogP contribution in [0.5, 0.6) is 0 Å². The van der Waals surface area contributed by atoms with Gasteiger partial charge in [-0.2, -0.15) is 4.31 Å². The molecule has 10 heteroatoms. The van der Waals surface area contributed by atoms with Crippen molar-refractivity contribution in [2.24, 2.45) is 5.92 Å². The molecule has 1 saturated heterocycles. The number of thiophene rings is 1. The van der Waals surface area contributed by atoms with E-state index in [1.165, 1.54) is 39.9 Å². The van der Waals surface area contributed by atoms with Gasteiger partial charge in [-0.3, -0.25) is 9.69 Å². The van der Waals surface area contributed by atoms with Crippen molar-refractivity contribution in [3.63, 3.8) is 0 Å². The largest absolute Gasteiger partial charge is 0.462 e. The first-order valence-electron chi connectivity index (χ1n) is 12.6. The summed E-state index contributed by atoms with van der Waals surface area (Å²) in [5, 5.41) is 3.37. The zero-order valence-corrected chi connectivity index (χ0v) is 23.0. The summed E-state index contributed by atoms with van der Waals surface area (Å²) in [5.41, 5.74) is 1.71. The van der Waals surface area contributed by atoms with Gasteiger partial charge in [0.1, 0.15) is 5.00 Å². The number of nitrogens with zero attached hydrogens (tertiary/aromatic N) is 2. The van der Waals surface area contributed by atoms with Crippen molar-refractivity contribution in [2.45, 2.75) is 64.4 Å². The van der Waals surface area contributed by atoms with E-state index in [-0.39, 0.29) is 11.5 Å². The zero-order valence-electron chi connectivity index (χ0n) is 21.4. The summed E-state index contributed by atoms with van der Waals surface area (Å²) in [4.78, 5) is 29.5. The molecule has 0 radical (unpaired) electrons. The van der Waals surface area contributed by atoms with Crippen LogP contribution in [0, 0.1) is 5.92 Å². The summed E-state index contributed by atoms with van der Waals surface area (Å²) in [6, 6.07) is 6.39. The quantitative estimate of drug-likeness (QED) is 0.531. The monoisotopic (exact) mass is 533 g/mol. The summed E-state index contributed by atoms with van der Waals surface area (Å²) in [7, 11) is -3.60. The lowest BCUT2D eigenvalue weighted by Crippen LogP contribution is -2.39. The Morgan fingerprint density at radius 2 is 1.92 bits per heavy atom. The normalized spacial score (nSPS) is 19.2. The van der Waals surface area contributed by atoms with Crippen LogP contribution in [0.25, 0.3) is 0 Å². The number of sulfonamides is 1. The number of anilines is 1. The van der Waals surface area contributed by atoms with E-state index in [0.29, 0.717) is 41.2 Å². The summed E-state index contributed by atoms with van der Waals surface area (Å²) < 4.78 is 32.9. The number of amides is 1. The van der Waals surface area contributed by atoms with Crippen molar-refractivity contribution in [3.05, 3.63) is 45.8 Å². The van der Waals surface area contributed by atoms with Crippen LogP contribution >= 0.6 is 11.3 Å². The van der Waals surface area contributed by atoms with Crippen LogP contribution in [0.15, 0.2) is 29.2 Å². The summed E-state index contributed by atoms with van der Waals surface area (Å²) in [5.74, 6) is -0.493. The number of hydrogen-bond acceptors (Lipinski definition) is 7. The topological polar surface area (TPSA) is 96.0 Å². The van der Waals surface area contributed by atoms with Crippen LogP contribution in [0.3, 0.4) is 0 Å². The standard InChI is InChI=1S/C26H35N3O5S2/c1-5-34-26(31)23-21-12-14-28(17(2)3)16-22(21)35-25(23)27-24(30)19-8-10-20(11-9-19)36(32,33)29-13-6-7-18(4)15-29/h8-11,17-18H,5-7,12-16H2,1-4H3,(H,27,30)/t18-/m0/s1. The van der Waals surface area contributed by atoms with Crippen LogP contribution in [0.4, 0.5) is 5.00 Å². The minimum absolute atomic E-state index is 0.181. The lowest BCUT2D eigenvalue weighted by atomic mass is 10.0. The highest BCUT2D eigenvalue weighted by Gasteiger charge is 2.31. The van der Waals surface area contributed by atoms with Gasteiger partial charge >= 0.3 is 5.97 Å². The number of benzene rings is 1. The number of rotatable bonds is 7. The van der Waals surface area contributed by atoms with Crippen LogP contribution in [0.2, 0.25) is 0 Å². The molecule has 1 fully saturated rings. The first-order chi connectivity index (χ1) is 17.1. The average molecular weight is 534 g/mol. The molecule has 1 atom stereocenters. The summed E-state index contributed by atoms with van der Waals surface area (Å²) >= 11 is 1.41. The second-order valence-electron chi connectivity index (χ2n) is 9.83. The highest BCUT2D eigenvalue weighted by atomic mass is 32.2. The molecule has 1 N–H and O–H groups in total. The molecule has 2 aliphatic rings. The van der Waals surface area contributed by atoms with Crippen LogP contribution < -0.4 is 5.32 Å². The van der Waals surface area contributed by atoms with Crippen molar-refractivity contribution >= 4 is 38.2 Å². The minimum Gasteiger partial charge on any atom is -0.462 e. The van der Waals surface area contributed by atoms with E-state index in [1.54, 1.807) is 6.92 Å². The Morgan fingerprint density at radius 3 is 2.56 bits per heavy atom. The van der Waals surface area contributed by atoms with Gasteiger partial charge in [-0.15, -0.1) is 11.3 Å². The molecule has 2 aliphatic heterocycles. The number of ether oxygens (including phenoxy) is 1. The highest BCUT2D eigenvalue weighted by Crippen LogP contribution is 2.38. The molecule has 36 heavy (non-hydrogen) atoms. The van der Waals surface area contributed by atoms with Crippen molar-refractivity contribution in [1.29, 1.82) is 0 Å². The summed E-state index contributed by atoms with van der Waals surface area (Å²) in [6.45, 7) is 10.9. The Hall–Kier alpha value is -2.27. The first-order valence-corrected chi connectivity index (χ1v) is 14.8. The molecule has 2 aromatic rings. The number of carbonyl (C=O) groups is 2. The molecule has 8 nitrogen and oxygen atoms in total. The van der Waals surface area contributed by atoms with Crippen LogP contribution in [-0.2, 0) is 27.7 Å². The van der Waals surface area contributed by atoms with E-state index in [2.05, 4.69) is 31.0 Å². The number of nitrogens with one attached hydrogen (secondary N) is 1. The lowest BCUT2D eigenvalue weighted by Gasteiger charge is -2.30. The fourth-order valence-corrected chi connectivity index (χ4v) is 7.69. The maximum Gasteiger partial charge on any atom is 0.341 e. The molecule has 0 saturated carbocycles. The fraction of sp³-hybridized carbons (Fsp3) is 0.538. The van der Waals surface area contributed by atoms with Gasteiger partial charge in [-0.25, -0.2) is 13.2 Å². The summed E-state index contributed by atoms with van der Waals surface area (Å²) in [6.07, 6.45) is 2.60. The Balaban J connectivity index is 1.55. The molecule has 1 aromatic heterocycles. The number of piperidine rings is 1. The SMILES string of the molecule is CCOC(=O)c1c(NC(=O)c2ccc(S(=O)(=O)N3CCC[C@H](C)C3)cc2)sc2c1CCN(C(C)C)C2. The van der Waals surface area contributed by atoms with Gasteiger partial charge in [0.25, 0.3) is 5.91 Å². The number of carbonyl (C=O) groups excluding carboxylic acids is 2. The molecule has 4 rings (SSSR count). The molecule has 0 spiro atoms. The van der Waals surface area contributed by atoms with Gasteiger partial charge in [-0.1, -0.05) is 6.92 Å². The molecule has 1 aromatic carbocycles. The van der Waals surface area contributed by atoms with E-state index in [4.69, 9.17) is 4.74 Å². The number of hydrogen-bond donors (Lipinski definition) is 1. The van der Waals surface area contributed by atoms with Gasteiger partial charge in [0.15, 0.2) is 0 Å². The van der Waals surface area contributed by atoms with Crippen molar-refractivity contribution < 1.29 is 22.7 Å². The van der Waals surface area contributed by atoms with Gasteiger partial charge in [0.2, 0.25) is 10.0 Å².